The minimum absolute atomic E-state index is 0.0811. The Morgan fingerprint density at radius 1 is 1.48 bits per heavy atom. The number of nitrogen functional groups attached to an aromatic ring is 1. The van der Waals surface area contributed by atoms with Gasteiger partial charge in [-0.15, -0.1) is 0 Å². The molecule has 0 saturated heterocycles. The van der Waals surface area contributed by atoms with Crippen LogP contribution in [0.15, 0.2) is 12.1 Å². The minimum Gasteiger partial charge on any atom is -0.398 e. The van der Waals surface area contributed by atoms with E-state index in [0.717, 1.165) is 17.8 Å². The molecule has 116 valence electrons. The summed E-state index contributed by atoms with van der Waals surface area (Å²) >= 11 is 1.04. The summed E-state index contributed by atoms with van der Waals surface area (Å²) in [5.41, 5.74) is 6.42. The van der Waals surface area contributed by atoms with E-state index < -0.39 is 17.1 Å². The van der Waals surface area contributed by atoms with E-state index in [1.807, 2.05) is 0 Å². The number of hydrogen-bond acceptors (Lipinski definition) is 7. The van der Waals surface area contributed by atoms with Crippen molar-refractivity contribution in [3.63, 3.8) is 0 Å². The lowest BCUT2D eigenvalue weighted by atomic mass is 9.97. The van der Waals surface area contributed by atoms with Crippen LogP contribution in [-0.4, -0.2) is 32.1 Å². The highest BCUT2D eigenvalue weighted by molar-refractivity contribution is 8.13. The monoisotopic (exact) mass is 314 g/mol. The van der Waals surface area contributed by atoms with Crippen molar-refractivity contribution < 1.29 is 19.9 Å². The van der Waals surface area contributed by atoms with Gasteiger partial charge in [0, 0.05) is 36.1 Å². The zero-order chi connectivity index (χ0) is 16.2. The smallest absolute Gasteiger partial charge is 0.270 e. The molecule has 21 heavy (non-hydrogen) atoms. The third-order valence-electron chi connectivity index (χ3n) is 3.02. The van der Waals surface area contributed by atoms with Crippen LogP contribution < -0.4 is 5.73 Å². The molecular formula is C13H18N2O5S. The van der Waals surface area contributed by atoms with Crippen LogP contribution in [-0.2, 0) is 4.79 Å². The second kappa shape index (κ2) is 7.39. The van der Waals surface area contributed by atoms with Crippen LogP contribution in [0.2, 0.25) is 0 Å². The molecule has 0 amide bonds. The number of aliphatic hydroxyl groups excluding tert-OH is 2. The number of nitro groups is 1. The minimum atomic E-state index is -1.34. The lowest BCUT2D eigenvalue weighted by molar-refractivity contribution is -0.385. The SMILES string of the molecule is CC(=O)SCCC(O)C(O)c1cc([N+](=O)[O-])cc(C)c1N. The van der Waals surface area contributed by atoms with E-state index in [1.54, 1.807) is 6.92 Å². The van der Waals surface area contributed by atoms with E-state index >= 15 is 0 Å². The van der Waals surface area contributed by atoms with Gasteiger partial charge < -0.3 is 15.9 Å². The van der Waals surface area contributed by atoms with E-state index in [-0.39, 0.29) is 28.5 Å². The average molecular weight is 314 g/mol. The van der Waals surface area contributed by atoms with E-state index in [4.69, 9.17) is 5.73 Å². The van der Waals surface area contributed by atoms with Gasteiger partial charge in [0.25, 0.3) is 5.69 Å². The average Bonchev–Trinajstić information content (AvgIpc) is 2.40. The third kappa shape index (κ3) is 4.69. The third-order valence-corrected chi connectivity index (χ3v) is 3.86. The topological polar surface area (TPSA) is 127 Å². The lowest BCUT2D eigenvalue weighted by Gasteiger charge is -2.20. The van der Waals surface area contributed by atoms with Gasteiger partial charge in [-0.3, -0.25) is 14.9 Å². The molecular weight excluding hydrogens is 296 g/mol. The summed E-state index contributed by atoms with van der Waals surface area (Å²) in [6, 6.07) is 2.47. The zero-order valence-corrected chi connectivity index (χ0v) is 12.6. The van der Waals surface area contributed by atoms with Gasteiger partial charge in [-0.1, -0.05) is 11.8 Å². The Morgan fingerprint density at radius 2 is 2.10 bits per heavy atom. The Hall–Kier alpha value is -1.64. The Kier molecular flexibility index (Phi) is 6.13. The molecule has 0 fully saturated rings. The number of nitro benzene ring substituents is 1. The lowest BCUT2D eigenvalue weighted by Crippen LogP contribution is -2.20. The number of aryl methyl sites for hydroxylation is 1. The summed E-state index contributed by atoms with van der Waals surface area (Å²) in [5.74, 6) is 0.349. The molecule has 1 aromatic rings. The summed E-state index contributed by atoms with van der Waals surface area (Å²) in [7, 11) is 0. The Morgan fingerprint density at radius 3 is 2.62 bits per heavy atom. The van der Waals surface area contributed by atoms with E-state index in [0.29, 0.717) is 11.3 Å². The first-order valence-electron chi connectivity index (χ1n) is 6.28. The van der Waals surface area contributed by atoms with E-state index in [1.165, 1.54) is 13.0 Å². The van der Waals surface area contributed by atoms with Gasteiger partial charge in [0.05, 0.1) is 11.0 Å². The molecule has 0 heterocycles. The molecule has 0 radical (unpaired) electrons. The number of aliphatic hydroxyl groups is 2. The van der Waals surface area contributed by atoms with Gasteiger partial charge >= 0.3 is 0 Å². The van der Waals surface area contributed by atoms with Crippen molar-refractivity contribution in [2.75, 3.05) is 11.5 Å². The molecule has 0 aliphatic carbocycles. The molecule has 0 bridgehead atoms. The predicted molar refractivity (Wildman–Crippen MR) is 81.0 cm³/mol. The highest BCUT2D eigenvalue weighted by Gasteiger charge is 2.24. The first-order valence-corrected chi connectivity index (χ1v) is 7.26. The molecule has 0 aliphatic rings. The number of anilines is 1. The van der Waals surface area contributed by atoms with Crippen molar-refractivity contribution in [1.29, 1.82) is 0 Å². The highest BCUT2D eigenvalue weighted by Crippen LogP contribution is 2.31. The fraction of sp³-hybridized carbons (Fsp3) is 0.462. The Bertz CT molecular complexity index is 550. The maximum absolute atomic E-state index is 10.8. The van der Waals surface area contributed by atoms with Gasteiger partial charge in [-0.2, -0.15) is 0 Å². The number of rotatable bonds is 6. The predicted octanol–water partition coefficient (Wildman–Crippen LogP) is 1.55. The summed E-state index contributed by atoms with van der Waals surface area (Å²) in [6.07, 6.45) is -2.32. The number of nitrogens with zero attached hydrogens (tertiary/aromatic N) is 1. The van der Waals surface area contributed by atoms with Crippen molar-refractivity contribution in [1.82, 2.24) is 0 Å². The largest absolute Gasteiger partial charge is 0.398 e. The molecule has 0 saturated carbocycles. The fourth-order valence-electron chi connectivity index (χ4n) is 1.84. The van der Waals surface area contributed by atoms with Crippen LogP contribution in [0.1, 0.15) is 30.6 Å². The number of nitrogens with two attached hydrogens (primary N) is 1. The Balaban J connectivity index is 2.92. The maximum atomic E-state index is 10.8. The summed E-state index contributed by atoms with van der Waals surface area (Å²) in [5, 5.41) is 30.8. The van der Waals surface area contributed by atoms with Crippen molar-refractivity contribution >= 4 is 28.3 Å². The molecule has 0 aliphatic heterocycles. The summed E-state index contributed by atoms with van der Waals surface area (Å²) < 4.78 is 0. The van der Waals surface area contributed by atoms with Crippen LogP contribution in [0.5, 0.6) is 0 Å². The van der Waals surface area contributed by atoms with Gasteiger partial charge in [-0.05, 0) is 18.9 Å². The number of non-ortho nitro benzene ring substituents is 1. The first kappa shape index (κ1) is 17.4. The van der Waals surface area contributed by atoms with Crippen LogP contribution in [0.3, 0.4) is 0 Å². The van der Waals surface area contributed by atoms with Crippen LogP contribution in [0.4, 0.5) is 11.4 Å². The standard InChI is InChI=1S/C13H18N2O5S/c1-7-5-9(15(19)20)6-10(12(7)14)13(18)11(17)3-4-21-8(2)16/h5-6,11,13,17-18H,3-4,14H2,1-2H3. The number of hydrogen-bond donors (Lipinski definition) is 3. The number of thioether (sulfide) groups is 1. The molecule has 2 unspecified atom stereocenters. The maximum Gasteiger partial charge on any atom is 0.270 e. The quantitative estimate of drug-likeness (QED) is 0.413. The van der Waals surface area contributed by atoms with Gasteiger partial charge in [0.2, 0.25) is 0 Å². The van der Waals surface area contributed by atoms with Crippen molar-refractivity contribution in [2.24, 2.45) is 0 Å². The van der Waals surface area contributed by atoms with E-state index in [9.17, 15) is 25.1 Å². The van der Waals surface area contributed by atoms with Crippen molar-refractivity contribution in [3.05, 3.63) is 33.4 Å². The zero-order valence-electron chi connectivity index (χ0n) is 11.8. The van der Waals surface area contributed by atoms with Crippen LogP contribution in [0, 0.1) is 17.0 Å². The van der Waals surface area contributed by atoms with E-state index in [2.05, 4.69) is 0 Å². The highest BCUT2D eigenvalue weighted by atomic mass is 32.2. The Labute approximate surface area is 126 Å². The van der Waals surface area contributed by atoms with Gasteiger partial charge in [-0.25, -0.2) is 0 Å². The van der Waals surface area contributed by atoms with Gasteiger partial charge in [0.15, 0.2) is 5.12 Å². The molecule has 8 heteroatoms. The number of carbonyl (C=O) groups is 1. The molecule has 0 spiro atoms. The summed E-state index contributed by atoms with van der Waals surface area (Å²) in [4.78, 5) is 21.1. The molecule has 1 rings (SSSR count). The molecule has 2 atom stereocenters. The molecule has 4 N–H and O–H groups in total. The van der Waals surface area contributed by atoms with Crippen molar-refractivity contribution in [2.45, 2.75) is 32.5 Å². The molecule has 1 aromatic carbocycles. The number of benzene rings is 1. The van der Waals surface area contributed by atoms with Crippen LogP contribution >= 0.6 is 11.8 Å². The normalized spacial score (nSPS) is 13.7. The summed E-state index contributed by atoms with van der Waals surface area (Å²) in [6.45, 7) is 3.01. The number of carbonyl (C=O) groups excluding carboxylic acids is 1. The van der Waals surface area contributed by atoms with Crippen molar-refractivity contribution in [3.8, 4) is 0 Å². The second-order valence-corrected chi connectivity index (χ2v) is 5.94. The second-order valence-electron chi connectivity index (χ2n) is 4.66. The first-order chi connectivity index (χ1) is 9.73. The fourth-order valence-corrected chi connectivity index (χ4v) is 2.49. The molecule has 0 aromatic heterocycles. The van der Waals surface area contributed by atoms with Gasteiger partial charge in [0.1, 0.15) is 6.10 Å². The van der Waals surface area contributed by atoms with Crippen LogP contribution in [0.25, 0.3) is 0 Å². The molecule has 7 nitrogen and oxygen atoms in total.